The summed E-state index contributed by atoms with van der Waals surface area (Å²) in [7, 11) is 0. The summed E-state index contributed by atoms with van der Waals surface area (Å²) in [4.78, 5) is 1.50. The summed E-state index contributed by atoms with van der Waals surface area (Å²) in [6.07, 6.45) is -10.4. The topological polar surface area (TPSA) is 41.9 Å². The van der Waals surface area contributed by atoms with Crippen molar-refractivity contribution in [1.29, 1.82) is 0 Å². The van der Waals surface area contributed by atoms with Crippen molar-refractivity contribution in [3.63, 3.8) is 0 Å². The van der Waals surface area contributed by atoms with Gasteiger partial charge in [0.1, 0.15) is 23.1 Å². The van der Waals surface area contributed by atoms with E-state index < -0.39 is 35.8 Å². The maximum atomic E-state index is 14.5. The summed E-state index contributed by atoms with van der Waals surface area (Å²) in [5, 5.41) is 10.5. The Morgan fingerprint density at radius 3 is 2.08 bits per heavy atom. The molecule has 1 unspecified atom stereocenters. The first-order valence-corrected chi connectivity index (χ1v) is 11.1. The highest BCUT2D eigenvalue weighted by Crippen LogP contribution is 2.33. The van der Waals surface area contributed by atoms with Crippen LogP contribution < -0.4 is 14.4 Å². The molecular weight excluding hydrogens is 507 g/mol. The fourth-order valence-corrected chi connectivity index (χ4v) is 3.39. The third-order valence-corrected chi connectivity index (χ3v) is 5.37. The molecule has 3 rings (SSSR count). The first-order chi connectivity index (χ1) is 17.2. The van der Waals surface area contributed by atoms with Crippen LogP contribution in [-0.4, -0.2) is 24.1 Å². The Kier molecular flexibility index (Phi) is 8.57. The molecule has 0 spiro atoms. The minimum atomic E-state index is -4.88. The van der Waals surface area contributed by atoms with Crippen molar-refractivity contribution in [2.24, 2.45) is 5.92 Å². The molecule has 0 aliphatic carbocycles. The fraction of sp³-hybridized carbons (Fsp3) is 0.308. The third-order valence-electron chi connectivity index (χ3n) is 5.37. The van der Waals surface area contributed by atoms with Crippen molar-refractivity contribution in [2.45, 2.75) is 39.0 Å². The molecule has 0 heterocycles. The number of ether oxygens (including phenoxy) is 2. The number of nitrogens with zero attached hydrogens (tertiary/aromatic N) is 1. The number of alkyl halides is 6. The second-order valence-electron chi connectivity index (χ2n) is 8.62. The standard InChI is InChI=1S/C26H24F7NO3/c1-16(2)24(35)15-34(14-17-11-18(25(28,29)30)9-10-23(17)27)19-5-3-6-20(12-19)36-21-7-4-8-22(13-21)37-26(31,32)33/h3-13,16,24,35H,14-15H2,1-2H3. The Labute approximate surface area is 208 Å². The number of hydrogen-bond acceptors (Lipinski definition) is 4. The number of rotatable bonds is 9. The van der Waals surface area contributed by atoms with Crippen molar-refractivity contribution >= 4 is 5.69 Å². The lowest BCUT2D eigenvalue weighted by Crippen LogP contribution is -2.35. The van der Waals surface area contributed by atoms with Crippen molar-refractivity contribution in [1.82, 2.24) is 0 Å². The number of halogens is 7. The molecule has 4 nitrogen and oxygen atoms in total. The molecule has 11 heteroatoms. The van der Waals surface area contributed by atoms with Crippen molar-refractivity contribution in [3.05, 3.63) is 83.7 Å². The third kappa shape index (κ3) is 8.28. The molecular formula is C26H24F7NO3. The Morgan fingerprint density at radius 2 is 1.46 bits per heavy atom. The zero-order valence-electron chi connectivity index (χ0n) is 19.8. The highest BCUT2D eigenvalue weighted by Gasteiger charge is 2.32. The SMILES string of the molecule is CC(C)C(O)CN(Cc1cc(C(F)(F)F)ccc1F)c1cccc(Oc2cccc(OC(F)(F)F)c2)c1. The van der Waals surface area contributed by atoms with E-state index in [-0.39, 0.29) is 36.1 Å². The predicted molar refractivity (Wildman–Crippen MR) is 123 cm³/mol. The molecule has 0 fully saturated rings. The molecule has 0 radical (unpaired) electrons. The Hall–Kier alpha value is -3.47. The highest BCUT2D eigenvalue weighted by molar-refractivity contribution is 5.52. The van der Waals surface area contributed by atoms with Gasteiger partial charge in [-0.1, -0.05) is 26.0 Å². The Balaban J connectivity index is 1.90. The molecule has 3 aromatic carbocycles. The highest BCUT2D eigenvalue weighted by atomic mass is 19.4. The summed E-state index contributed by atoms with van der Waals surface area (Å²) in [6, 6.07) is 13.1. The molecule has 0 bridgehead atoms. The number of benzene rings is 3. The van der Waals surface area contributed by atoms with Gasteiger partial charge in [-0.2, -0.15) is 13.2 Å². The van der Waals surface area contributed by atoms with Gasteiger partial charge in [0, 0.05) is 36.5 Å². The smallest absolute Gasteiger partial charge is 0.457 e. The first-order valence-electron chi connectivity index (χ1n) is 11.1. The molecule has 0 saturated carbocycles. The maximum Gasteiger partial charge on any atom is 0.573 e. The zero-order valence-corrected chi connectivity index (χ0v) is 19.8. The lowest BCUT2D eigenvalue weighted by atomic mass is 10.0. The van der Waals surface area contributed by atoms with E-state index in [2.05, 4.69) is 4.74 Å². The predicted octanol–water partition coefficient (Wildman–Crippen LogP) is 7.56. The molecule has 3 aromatic rings. The Morgan fingerprint density at radius 1 is 0.838 bits per heavy atom. The molecule has 0 saturated heterocycles. The van der Waals surface area contributed by atoms with E-state index >= 15 is 0 Å². The van der Waals surface area contributed by atoms with Gasteiger partial charge in [0.05, 0.1) is 11.7 Å². The molecule has 1 N–H and O–H groups in total. The van der Waals surface area contributed by atoms with Crippen LogP contribution in [0.25, 0.3) is 0 Å². The van der Waals surface area contributed by atoms with Crippen LogP contribution in [0.4, 0.5) is 36.4 Å². The van der Waals surface area contributed by atoms with Gasteiger partial charge in [0.25, 0.3) is 0 Å². The molecule has 0 amide bonds. The molecule has 0 aliphatic heterocycles. The molecule has 0 aliphatic rings. The second-order valence-corrected chi connectivity index (χ2v) is 8.62. The number of aliphatic hydroxyl groups is 1. The van der Waals surface area contributed by atoms with Gasteiger partial charge in [0.15, 0.2) is 0 Å². The van der Waals surface area contributed by atoms with E-state index in [1.165, 1.54) is 29.2 Å². The summed E-state index contributed by atoms with van der Waals surface area (Å²) in [5.41, 5.74) is -0.850. The van der Waals surface area contributed by atoms with Gasteiger partial charge in [-0.05, 0) is 48.4 Å². The molecule has 200 valence electrons. The summed E-state index contributed by atoms with van der Waals surface area (Å²) in [5.74, 6) is -1.30. The monoisotopic (exact) mass is 531 g/mol. The van der Waals surface area contributed by atoms with E-state index in [1.807, 2.05) is 0 Å². The molecule has 0 aromatic heterocycles. The van der Waals surface area contributed by atoms with Gasteiger partial charge in [0.2, 0.25) is 0 Å². The zero-order chi connectivity index (χ0) is 27.4. The lowest BCUT2D eigenvalue weighted by Gasteiger charge is -2.29. The van der Waals surface area contributed by atoms with Crippen molar-refractivity contribution in [3.8, 4) is 17.2 Å². The number of anilines is 1. The molecule has 1 atom stereocenters. The average molecular weight is 531 g/mol. The van der Waals surface area contributed by atoms with Crippen LogP contribution in [0.15, 0.2) is 66.7 Å². The quantitative estimate of drug-likeness (QED) is 0.290. The number of aliphatic hydroxyl groups excluding tert-OH is 1. The van der Waals surface area contributed by atoms with Crippen LogP contribution >= 0.6 is 0 Å². The Bertz CT molecular complexity index is 1200. The maximum absolute atomic E-state index is 14.5. The van der Waals surface area contributed by atoms with Crippen LogP contribution in [0.3, 0.4) is 0 Å². The normalized spacial score (nSPS) is 12.9. The largest absolute Gasteiger partial charge is 0.573 e. The second kappa shape index (κ2) is 11.3. The van der Waals surface area contributed by atoms with E-state index in [0.29, 0.717) is 11.8 Å². The van der Waals surface area contributed by atoms with Crippen LogP contribution in [0, 0.1) is 11.7 Å². The summed E-state index contributed by atoms with van der Waals surface area (Å²) in [6.45, 7) is 3.18. The fourth-order valence-electron chi connectivity index (χ4n) is 3.39. The van der Waals surface area contributed by atoms with Crippen LogP contribution in [0.2, 0.25) is 0 Å². The van der Waals surface area contributed by atoms with E-state index in [1.54, 1.807) is 26.0 Å². The lowest BCUT2D eigenvalue weighted by molar-refractivity contribution is -0.274. The van der Waals surface area contributed by atoms with E-state index in [0.717, 1.165) is 24.3 Å². The summed E-state index contributed by atoms with van der Waals surface area (Å²) >= 11 is 0. The van der Waals surface area contributed by atoms with Crippen LogP contribution in [0.5, 0.6) is 17.2 Å². The van der Waals surface area contributed by atoms with Gasteiger partial charge >= 0.3 is 12.5 Å². The average Bonchev–Trinajstić information content (AvgIpc) is 2.78. The van der Waals surface area contributed by atoms with Gasteiger partial charge in [-0.25, -0.2) is 4.39 Å². The molecule has 37 heavy (non-hydrogen) atoms. The van der Waals surface area contributed by atoms with Crippen molar-refractivity contribution < 1.29 is 45.3 Å². The van der Waals surface area contributed by atoms with Crippen LogP contribution in [-0.2, 0) is 12.7 Å². The van der Waals surface area contributed by atoms with E-state index in [9.17, 15) is 35.8 Å². The van der Waals surface area contributed by atoms with E-state index in [4.69, 9.17) is 4.74 Å². The van der Waals surface area contributed by atoms with Gasteiger partial charge in [-0.15, -0.1) is 13.2 Å². The minimum Gasteiger partial charge on any atom is -0.457 e. The van der Waals surface area contributed by atoms with Crippen molar-refractivity contribution in [2.75, 3.05) is 11.4 Å². The van der Waals surface area contributed by atoms with Gasteiger partial charge < -0.3 is 19.5 Å². The summed E-state index contributed by atoms with van der Waals surface area (Å²) < 4.78 is 101. The first kappa shape index (κ1) is 28.1. The van der Waals surface area contributed by atoms with Gasteiger partial charge in [-0.3, -0.25) is 0 Å². The van der Waals surface area contributed by atoms with Crippen LogP contribution in [0.1, 0.15) is 25.0 Å². The number of hydrogen-bond donors (Lipinski definition) is 1. The minimum absolute atomic E-state index is 0.0360.